The van der Waals surface area contributed by atoms with Gasteiger partial charge in [0.1, 0.15) is 0 Å². The third-order valence-electron chi connectivity index (χ3n) is 2.97. The normalized spacial score (nSPS) is 12.9. The Bertz CT molecular complexity index is 209. The van der Waals surface area contributed by atoms with E-state index >= 15 is 0 Å². The highest BCUT2D eigenvalue weighted by Crippen LogP contribution is 2.36. The molecule has 0 aromatic rings. The molecule has 4 heteroatoms. The van der Waals surface area contributed by atoms with Crippen molar-refractivity contribution in [3.8, 4) is 0 Å². The summed E-state index contributed by atoms with van der Waals surface area (Å²) in [7, 11) is -1.76. The van der Waals surface area contributed by atoms with Crippen LogP contribution >= 0.6 is 0 Å². The van der Waals surface area contributed by atoms with Crippen molar-refractivity contribution in [1.29, 1.82) is 0 Å². The van der Waals surface area contributed by atoms with Crippen LogP contribution in [0.25, 0.3) is 0 Å². The minimum absolute atomic E-state index is 0.140. The van der Waals surface area contributed by atoms with E-state index in [0.29, 0.717) is 6.54 Å². The van der Waals surface area contributed by atoms with E-state index < -0.39 is 8.32 Å². The smallest absolute Gasteiger partial charge is 0.192 e. The third-order valence-corrected chi connectivity index (χ3v) is 7.45. The maximum Gasteiger partial charge on any atom is 0.192 e. The van der Waals surface area contributed by atoms with Gasteiger partial charge in [-0.1, -0.05) is 27.7 Å². The summed E-state index contributed by atoms with van der Waals surface area (Å²) in [6.07, 6.45) is 0. The molecule has 1 N–H and O–H groups in total. The highest BCUT2D eigenvalue weighted by Gasteiger charge is 2.37. The van der Waals surface area contributed by atoms with E-state index in [9.17, 15) is 4.79 Å². The van der Waals surface area contributed by atoms with Gasteiger partial charge in [-0.3, -0.25) is 4.79 Å². The second kappa shape index (κ2) is 5.77. The topological polar surface area (TPSA) is 38.3 Å². The molecule has 0 radical (unpaired) electrons. The number of ketones is 1. The summed E-state index contributed by atoms with van der Waals surface area (Å²) < 4.78 is 5.80. The van der Waals surface area contributed by atoms with Gasteiger partial charge in [-0.15, -0.1) is 0 Å². The molecule has 0 saturated heterocycles. The first-order chi connectivity index (χ1) is 6.70. The van der Waals surface area contributed by atoms with Gasteiger partial charge in [-0.25, -0.2) is 0 Å². The molecule has 0 aromatic heterocycles. The number of hydrogen-bond acceptors (Lipinski definition) is 3. The molecule has 0 heterocycles. The van der Waals surface area contributed by atoms with Crippen LogP contribution in [0.4, 0.5) is 0 Å². The number of Topliss-reactive ketones (excluding diaryl/α,β-unsaturated/α-hetero) is 1. The van der Waals surface area contributed by atoms with E-state index in [-0.39, 0.29) is 17.4 Å². The lowest BCUT2D eigenvalue weighted by Crippen LogP contribution is -2.43. The fourth-order valence-electron chi connectivity index (χ4n) is 0.793. The first-order valence-electron chi connectivity index (χ1n) is 5.57. The molecule has 0 atom stereocenters. The SMILES string of the molecule is CCNCC(=O)CO[Si](C)(C)C(C)(C)C. The van der Waals surface area contributed by atoms with Gasteiger partial charge in [0.2, 0.25) is 0 Å². The van der Waals surface area contributed by atoms with Gasteiger partial charge < -0.3 is 9.74 Å². The largest absolute Gasteiger partial charge is 0.409 e. The summed E-state index contributed by atoms with van der Waals surface area (Å²) in [6, 6.07) is 0. The fraction of sp³-hybridized carbons (Fsp3) is 0.909. The molecule has 0 saturated carbocycles. The predicted molar refractivity (Wildman–Crippen MR) is 66.7 cm³/mol. The Morgan fingerprint density at radius 3 is 2.27 bits per heavy atom. The monoisotopic (exact) mass is 231 g/mol. The zero-order valence-corrected chi connectivity index (χ0v) is 11.9. The molecular formula is C11H25NO2Si. The minimum Gasteiger partial charge on any atom is -0.409 e. The van der Waals surface area contributed by atoms with E-state index in [1.54, 1.807) is 0 Å². The van der Waals surface area contributed by atoms with Crippen LogP contribution in [0.1, 0.15) is 27.7 Å². The molecule has 15 heavy (non-hydrogen) atoms. The standard InChI is InChI=1S/C11H25NO2Si/c1-7-12-8-10(13)9-14-15(5,6)11(2,3)4/h12H,7-9H2,1-6H3. The van der Waals surface area contributed by atoms with E-state index in [0.717, 1.165) is 6.54 Å². The summed E-state index contributed by atoms with van der Waals surface area (Å²) in [5.41, 5.74) is 0. The Balaban J connectivity index is 3.99. The summed E-state index contributed by atoms with van der Waals surface area (Å²) in [5, 5.41) is 3.18. The second-order valence-corrected chi connectivity index (χ2v) is 10.2. The molecule has 0 aliphatic carbocycles. The molecule has 0 aliphatic heterocycles. The van der Waals surface area contributed by atoms with Crippen molar-refractivity contribution in [2.45, 2.75) is 45.8 Å². The first-order valence-corrected chi connectivity index (χ1v) is 8.48. The Kier molecular flexibility index (Phi) is 5.70. The average Bonchev–Trinajstić information content (AvgIpc) is 2.09. The molecule has 0 rings (SSSR count). The van der Waals surface area contributed by atoms with Crippen molar-refractivity contribution < 1.29 is 9.22 Å². The van der Waals surface area contributed by atoms with E-state index in [1.165, 1.54) is 0 Å². The summed E-state index contributed by atoms with van der Waals surface area (Å²) in [5.74, 6) is 0.140. The zero-order chi connectivity index (χ0) is 12.1. The molecule has 0 amide bonds. The number of nitrogens with one attached hydrogen (secondary N) is 1. The molecule has 3 nitrogen and oxygen atoms in total. The fourth-order valence-corrected chi connectivity index (χ4v) is 1.75. The average molecular weight is 231 g/mol. The first kappa shape index (κ1) is 14.8. The van der Waals surface area contributed by atoms with Gasteiger partial charge in [-0.2, -0.15) is 0 Å². The van der Waals surface area contributed by atoms with Crippen molar-refractivity contribution in [2.24, 2.45) is 0 Å². The van der Waals surface area contributed by atoms with Crippen molar-refractivity contribution in [3.05, 3.63) is 0 Å². The number of carbonyl (C=O) groups excluding carboxylic acids is 1. The van der Waals surface area contributed by atoms with E-state index in [4.69, 9.17) is 4.43 Å². The number of carbonyl (C=O) groups is 1. The van der Waals surface area contributed by atoms with Crippen LogP contribution in [0, 0.1) is 0 Å². The second-order valence-electron chi connectivity index (χ2n) is 5.37. The highest BCUT2D eigenvalue weighted by atomic mass is 28.4. The summed E-state index contributed by atoms with van der Waals surface area (Å²) >= 11 is 0. The van der Waals surface area contributed by atoms with Crippen LogP contribution in [0.2, 0.25) is 18.1 Å². The summed E-state index contributed by atoms with van der Waals surface area (Å²) in [6.45, 7) is 14.3. The van der Waals surface area contributed by atoms with Crippen molar-refractivity contribution in [3.63, 3.8) is 0 Å². The zero-order valence-electron chi connectivity index (χ0n) is 10.9. The molecule has 0 unspecified atom stereocenters. The van der Waals surface area contributed by atoms with E-state index in [2.05, 4.69) is 39.2 Å². The maximum atomic E-state index is 11.4. The lowest BCUT2D eigenvalue weighted by molar-refractivity contribution is -0.120. The highest BCUT2D eigenvalue weighted by molar-refractivity contribution is 6.74. The molecule has 0 aliphatic rings. The Morgan fingerprint density at radius 2 is 1.87 bits per heavy atom. The third kappa shape index (κ3) is 5.44. The predicted octanol–water partition coefficient (Wildman–Crippen LogP) is 2.19. The van der Waals surface area contributed by atoms with Crippen LogP contribution in [0.5, 0.6) is 0 Å². The van der Waals surface area contributed by atoms with Gasteiger partial charge in [0, 0.05) is 0 Å². The molecular weight excluding hydrogens is 206 g/mol. The van der Waals surface area contributed by atoms with Crippen molar-refractivity contribution >= 4 is 14.1 Å². The Hall–Kier alpha value is -0.193. The lowest BCUT2D eigenvalue weighted by Gasteiger charge is -2.35. The molecule has 0 bridgehead atoms. The molecule has 90 valence electrons. The van der Waals surface area contributed by atoms with Crippen LogP contribution in [0.15, 0.2) is 0 Å². The molecule has 0 aromatic carbocycles. The number of rotatable bonds is 6. The van der Waals surface area contributed by atoms with Gasteiger partial charge >= 0.3 is 0 Å². The van der Waals surface area contributed by atoms with Crippen molar-refractivity contribution in [1.82, 2.24) is 5.32 Å². The van der Waals surface area contributed by atoms with Gasteiger partial charge in [0.05, 0.1) is 13.2 Å². The van der Waals surface area contributed by atoms with Crippen LogP contribution in [0.3, 0.4) is 0 Å². The lowest BCUT2D eigenvalue weighted by atomic mass is 10.2. The Labute approximate surface area is 94.7 Å². The van der Waals surface area contributed by atoms with Gasteiger partial charge in [0.15, 0.2) is 14.1 Å². The van der Waals surface area contributed by atoms with Gasteiger partial charge in [-0.05, 0) is 24.7 Å². The number of likely N-dealkylation sites (N-methyl/N-ethyl adjacent to an activating group) is 1. The quantitative estimate of drug-likeness (QED) is 0.712. The maximum absolute atomic E-state index is 11.4. The Morgan fingerprint density at radius 1 is 1.33 bits per heavy atom. The molecule has 0 fully saturated rings. The van der Waals surface area contributed by atoms with Crippen molar-refractivity contribution in [2.75, 3.05) is 19.7 Å². The number of hydrogen-bond donors (Lipinski definition) is 1. The molecule has 0 spiro atoms. The van der Waals surface area contributed by atoms with Crippen LogP contribution < -0.4 is 5.32 Å². The van der Waals surface area contributed by atoms with Crippen LogP contribution in [-0.2, 0) is 9.22 Å². The van der Waals surface area contributed by atoms with Crippen LogP contribution in [-0.4, -0.2) is 33.8 Å². The summed E-state index contributed by atoms with van der Waals surface area (Å²) in [4.78, 5) is 11.4. The van der Waals surface area contributed by atoms with Gasteiger partial charge in [0.25, 0.3) is 0 Å². The minimum atomic E-state index is -1.76. The van der Waals surface area contributed by atoms with E-state index in [1.807, 2.05) is 6.92 Å².